The Hall–Kier alpha value is 0.246. The maximum atomic E-state index is 12.5. The Balaban J connectivity index is 0.00000364. The van der Waals surface area contributed by atoms with E-state index in [4.69, 9.17) is 4.18 Å². The van der Waals surface area contributed by atoms with Crippen LogP contribution in [0.4, 0.5) is 0 Å². The van der Waals surface area contributed by atoms with Crippen molar-refractivity contribution in [2.24, 2.45) is 0 Å². The van der Waals surface area contributed by atoms with Crippen LogP contribution >= 0.6 is 0 Å². The summed E-state index contributed by atoms with van der Waals surface area (Å²) in [5.74, 6) is 0. The molecule has 27 heavy (non-hydrogen) atoms. The average Bonchev–Trinajstić information content (AvgIpc) is 2.65. The Bertz CT molecular complexity index is 754. The predicted molar refractivity (Wildman–Crippen MR) is 116 cm³/mol. The molecule has 0 bridgehead atoms. The fraction of sp³-hybridized carbons (Fsp3) is 0.545. The molecule has 0 saturated heterocycles. The van der Waals surface area contributed by atoms with Crippen LogP contribution in [0.25, 0.3) is 10.8 Å². The van der Waals surface area contributed by atoms with Gasteiger partial charge in [0.1, 0.15) is 4.90 Å². The van der Waals surface area contributed by atoms with E-state index in [0.29, 0.717) is 0 Å². The molecule has 3 nitrogen and oxygen atoms in total. The van der Waals surface area contributed by atoms with Gasteiger partial charge in [-0.1, -0.05) is 101 Å². The van der Waals surface area contributed by atoms with Crippen LogP contribution in [0, 0.1) is 0 Å². The summed E-state index contributed by atoms with van der Waals surface area (Å²) in [5, 5.41) is 1.63. The zero-order valence-electron chi connectivity index (χ0n) is 16.0. The number of rotatable bonds is 13. The van der Waals surface area contributed by atoms with Gasteiger partial charge in [0.05, 0.1) is 6.61 Å². The third kappa shape index (κ3) is 9.07. The van der Waals surface area contributed by atoms with Crippen LogP contribution < -0.4 is 0 Å². The van der Waals surface area contributed by atoms with Crippen LogP contribution in [-0.2, 0) is 14.3 Å². The molecule has 0 radical (unpaired) electrons. The van der Waals surface area contributed by atoms with E-state index in [2.05, 4.69) is 6.92 Å². The number of hydrogen-bond acceptors (Lipinski definition) is 3. The van der Waals surface area contributed by atoms with Crippen molar-refractivity contribution in [2.75, 3.05) is 6.61 Å². The summed E-state index contributed by atoms with van der Waals surface area (Å²) < 4.78 is 30.2. The third-order valence-corrected chi connectivity index (χ3v) is 6.13. The summed E-state index contributed by atoms with van der Waals surface area (Å²) in [6.45, 7) is 2.50. The van der Waals surface area contributed by atoms with Gasteiger partial charge < -0.3 is 0 Å². The average molecular weight is 417 g/mol. The van der Waals surface area contributed by atoms with E-state index in [-0.39, 0.29) is 62.9 Å². The number of hydrogen-bond donors (Lipinski definition) is 0. The van der Waals surface area contributed by atoms with Crippen molar-refractivity contribution < 1.29 is 12.6 Å². The first kappa shape index (κ1) is 25.3. The van der Waals surface area contributed by atoms with Gasteiger partial charge in [-0.3, -0.25) is 4.18 Å². The summed E-state index contributed by atoms with van der Waals surface area (Å²) in [5.41, 5.74) is 0. The fourth-order valence-corrected chi connectivity index (χ4v) is 4.40. The second kappa shape index (κ2) is 14.3. The number of unbranched alkanes of at least 4 members (excludes halogenated alkanes) is 9. The molecule has 0 saturated carbocycles. The van der Waals surface area contributed by atoms with Crippen molar-refractivity contribution in [3.05, 3.63) is 42.5 Å². The molecular formula is C22H33KO3S. The van der Waals surface area contributed by atoms with Gasteiger partial charge in [-0.15, -0.1) is 0 Å². The van der Waals surface area contributed by atoms with Gasteiger partial charge in [-0.2, -0.15) is 8.42 Å². The summed E-state index contributed by atoms with van der Waals surface area (Å²) in [6.07, 6.45) is 12.2. The van der Waals surface area contributed by atoms with Crippen molar-refractivity contribution in [1.82, 2.24) is 0 Å². The molecule has 0 atom stereocenters. The molecule has 0 aliphatic rings. The number of fused-ring (bicyclic) bond motifs is 1. The minimum atomic E-state index is -3.70. The van der Waals surface area contributed by atoms with E-state index in [1.807, 2.05) is 30.3 Å². The van der Waals surface area contributed by atoms with Crippen LogP contribution in [0.15, 0.2) is 47.4 Å². The van der Waals surface area contributed by atoms with Gasteiger partial charge in [0.25, 0.3) is 10.1 Å². The predicted octanol–water partition coefficient (Wildman–Crippen LogP) is 5.82. The molecule has 0 aliphatic carbocycles. The zero-order valence-corrected chi connectivity index (χ0v) is 16.8. The Labute approximate surface area is 207 Å². The van der Waals surface area contributed by atoms with Gasteiger partial charge in [-0.05, 0) is 17.9 Å². The van der Waals surface area contributed by atoms with Crippen LogP contribution in [-0.4, -0.2) is 66.4 Å². The first-order chi connectivity index (χ1) is 12.6. The Morgan fingerprint density at radius 3 is 1.96 bits per heavy atom. The van der Waals surface area contributed by atoms with Crippen LogP contribution in [0.2, 0.25) is 0 Å². The molecule has 0 N–H and O–H groups in total. The van der Waals surface area contributed by atoms with Crippen molar-refractivity contribution in [3.8, 4) is 0 Å². The molecule has 2 aromatic carbocycles. The molecule has 2 rings (SSSR count). The molecule has 0 aliphatic heterocycles. The van der Waals surface area contributed by atoms with E-state index < -0.39 is 10.1 Å². The van der Waals surface area contributed by atoms with Crippen molar-refractivity contribution in [2.45, 2.75) is 76.0 Å². The molecule has 5 heteroatoms. The molecule has 0 amide bonds. The molecule has 0 heterocycles. The first-order valence-electron chi connectivity index (χ1n) is 10.0. The molecule has 0 fully saturated rings. The molecule has 0 aromatic heterocycles. The minimum absolute atomic E-state index is 0. The second-order valence-electron chi connectivity index (χ2n) is 6.94. The van der Waals surface area contributed by atoms with Gasteiger partial charge >= 0.3 is 51.4 Å². The SMILES string of the molecule is CCCCCCCCCCCCOS(=O)(=O)c1cccc2ccccc12.[KH]. The van der Waals surface area contributed by atoms with Crippen molar-refractivity contribution >= 4 is 72.3 Å². The summed E-state index contributed by atoms with van der Waals surface area (Å²) >= 11 is 0. The van der Waals surface area contributed by atoms with Gasteiger partial charge in [-0.25, -0.2) is 0 Å². The van der Waals surface area contributed by atoms with Gasteiger partial charge in [0, 0.05) is 5.39 Å². The van der Waals surface area contributed by atoms with Crippen LogP contribution in [0.1, 0.15) is 71.1 Å². The van der Waals surface area contributed by atoms with E-state index >= 15 is 0 Å². The van der Waals surface area contributed by atoms with Gasteiger partial charge in [0.15, 0.2) is 0 Å². The number of benzene rings is 2. The van der Waals surface area contributed by atoms with E-state index in [1.165, 1.54) is 44.9 Å². The monoisotopic (exact) mass is 416 g/mol. The van der Waals surface area contributed by atoms with E-state index in [9.17, 15) is 8.42 Å². The molecule has 0 unspecified atom stereocenters. The molecule has 0 spiro atoms. The Morgan fingerprint density at radius 1 is 0.741 bits per heavy atom. The Kier molecular flexibility index (Phi) is 13.4. The standard InChI is InChI=1S/C22H32O3S.K.H/c1-2-3-4-5-6-7-8-9-10-13-19-25-26(23,24)22-18-14-16-20-15-11-12-17-21(20)22;;/h11-12,14-18H,2-10,13,19H2,1H3;;. The van der Waals surface area contributed by atoms with Crippen molar-refractivity contribution in [1.29, 1.82) is 0 Å². The van der Waals surface area contributed by atoms with Gasteiger partial charge in [0.2, 0.25) is 0 Å². The third-order valence-electron chi connectivity index (χ3n) is 4.76. The summed E-state index contributed by atoms with van der Waals surface area (Å²) in [4.78, 5) is 0.266. The molecule has 2 aromatic rings. The van der Waals surface area contributed by atoms with Crippen LogP contribution in [0.5, 0.6) is 0 Å². The molecular weight excluding hydrogens is 383 g/mol. The first-order valence-corrected chi connectivity index (χ1v) is 11.4. The topological polar surface area (TPSA) is 43.4 Å². The quantitative estimate of drug-likeness (QED) is 0.235. The Morgan fingerprint density at radius 2 is 1.30 bits per heavy atom. The normalized spacial score (nSPS) is 11.4. The van der Waals surface area contributed by atoms with E-state index in [1.54, 1.807) is 12.1 Å². The fourth-order valence-electron chi connectivity index (χ4n) is 3.24. The van der Waals surface area contributed by atoms with Crippen LogP contribution in [0.3, 0.4) is 0 Å². The second-order valence-corrected chi connectivity index (χ2v) is 8.52. The zero-order chi connectivity index (χ0) is 18.7. The summed E-state index contributed by atoms with van der Waals surface area (Å²) in [7, 11) is -3.70. The maximum absolute atomic E-state index is 12.5. The van der Waals surface area contributed by atoms with Crippen molar-refractivity contribution in [3.63, 3.8) is 0 Å². The molecule has 146 valence electrons. The summed E-state index contributed by atoms with van der Waals surface area (Å²) in [6, 6.07) is 12.8. The van der Waals surface area contributed by atoms with E-state index in [0.717, 1.165) is 30.0 Å².